The molecule has 0 spiro atoms. The van der Waals surface area contributed by atoms with Crippen molar-refractivity contribution in [1.29, 1.82) is 0 Å². The van der Waals surface area contributed by atoms with Crippen molar-refractivity contribution >= 4 is 11.4 Å². The molecule has 0 amide bonds. The second-order valence-corrected chi connectivity index (χ2v) is 6.25. The van der Waals surface area contributed by atoms with Gasteiger partial charge in [0.15, 0.2) is 0 Å². The first-order chi connectivity index (χ1) is 14.0. The number of aromatic nitrogens is 1. The standard InChI is InChI=1S/C17H13F6N3O4/c18-16(19,20)13-7-10(1-2-14(13)26(27)28)25-8-12(30-15(25)17(21,22)23)9-29-11-3-5-24-6-4-11/h1-7,12,15H,8-9H2. The first kappa shape index (κ1) is 21.6. The Morgan fingerprint density at radius 1 is 1.17 bits per heavy atom. The molecule has 3 rings (SSSR count). The van der Waals surface area contributed by atoms with Crippen molar-refractivity contribution in [3.05, 3.63) is 58.4 Å². The number of pyridine rings is 1. The van der Waals surface area contributed by atoms with Crippen molar-refractivity contribution in [2.75, 3.05) is 18.1 Å². The van der Waals surface area contributed by atoms with Crippen molar-refractivity contribution in [2.24, 2.45) is 0 Å². The third kappa shape index (κ3) is 4.72. The average Bonchev–Trinajstić information content (AvgIpc) is 3.11. The van der Waals surface area contributed by atoms with Gasteiger partial charge in [0.25, 0.3) is 5.69 Å². The molecular formula is C17H13F6N3O4. The van der Waals surface area contributed by atoms with Gasteiger partial charge in [0.2, 0.25) is 6.23 Å². The number of anilines is 1. The highest BCUT2D eigenvalue weighted by Gasteiger charge is 2.51. The van der Waals surface area contributed by atoms with E-state index in [9.17, 15) is 36.5 Å². The van der Waals surface area contributed by atoms with Gasteiger partial charge in [-0.3, -0.25) is 15.1 Å². The summed E-state index contributed by atoms with van der Waals surface area (Å²) in [5.41, 5.74) is -3.42. The van der Waals surface area contributed by atoms with Crippen LogP contribution in [0.5, 0.6) is 5.75 Å². The van der Waals surface area contributed by atoms with E-state index in [2.05, 4.69) is 4.98 Å². The molecule has 0 radical (unpaired) electrons. The summed E-state index contributed by atoms with van der Waals surface area (Å²) in [6, 6.07) is 4.60. The van der Waals surface area contributed by atoms with Crippen LogP contribution in [0.1, 0.15) is 5.56 Å². The largest absolute Gasteiger partial charge is 0.491 e. The fourth-order valence-corrected chi connectivity index (χ4v) is 2.91. The molecular weight excluding hydrogens is 424 g/mol. The summed E-state index contributed by atoms with van der Waals surface area (Å²) in [5, 5.41) is 10.9. The zero-order chi connectivity index (χ0) is 22.1. The maximum Gasteiger partial charge on any atom is 0.433 e. The molecule has 30 heavy (non-hydrogen) atoms. The van der Waals surface area contributed by atoms with Crippen molar-refractivity contribution in [2.45, 2.75) is 24.7 Å². The minimum atomic E-state index is -5.13. The Bertz CT molecular complexity index is 907. The summed E-state index contributed by atoms with van der Waals surface area (Å²) in [6.07, 6.45) is -10.9. The molecule has 2 unspecified atom stereocenters. The normalized spacial score (nSPS) is 19.7. The number of nitrogens with zero attached hydrogens (tertiary/aromatic N) is 3. The van der Waals surface area contributed by atoms with Gasteiger partial charge in [-0.25, -0.2) is 0 Å². The van der Waals surface area contributed by atoms with E-state index in [0.29, 0.717) is 22.8 Å². The predicted octanol–water partition coefficient (Wildman–Crippen LogP) is 4.18. The van der Waals surface area contributed by atoms with E-state index in [4.69, 9.17) is 9.47 Å². The molecule has 162 valence electrons. The van der Waals surface area contributed by atoms with Crippen molar-refractivity contribution in [3.63, 3.8) is 0 Å². The minimum absolute atomic E-state index is 0.299. The lowest BCUT2D eigenvalue weighted by atomic mass is 10.1. The van der Waals surface area contributed by atoms with E-state index in [0.717, 1.165) is 6.07 Å². The maximum atomic E-state index is 13.4. The van der Waals surface area contributed by atoms with Crippen LogP contribution in [-0.2, 0) is 10.9 Å². The van der Waals surface area contributed by atoms with E-state index in [1.807, 2.05) is 0 Å². The van der Waals surface area contributed by atoms with E-state index >= 15 is 0 Å². The Hall–Kier alpha value is -3.09. The Balaban J connectivity index is 1.87. The first-order valence-electron chi connectivity index (χ1n) is 8.34. The first-order valence-corrected chi connectivity index (χ1v) is 8.34. The van der Waals surface area contributed by atoms with Gasteiger partial charge in [0, 0.05) is 24.1 Å². The SMILES string of the molecule is O=[N+]([O-])c1ccc(N2CC(COc3ccncc3)OC2C(F)(F)F)cc1C(F)(F)F. The zero-order valence-electron chi connectivity index (χ0n) is 14.9. The summed E-state index contributed by atoms with van der Waals surface area (Å²) < 4.78 is 90.2. The number of alkyl halides is 6. The van der Waals surface area contributed by atoms with Gasteiger partial charge in [0.1, 0.15) is 24.0 Å². The fraction of sp³-hybridized carbons (Fsp3) is 0.353. The van der Waals surface area contributed by atoms with Crippen LogP contribution < -0.4 is 9.64 Å². The highest BCUT2D eigenvalue weighted by atomic mass is 19.4. The predicted molar refractivity (Wildman–Crippen MR) is 89.9 cm³/mol. The van der Waals surface area contributed by atoms with Crippen molar-refractivity contribution < 1.29 is 40.7 Å². The molecule has 0 bridgehead atoms. The second kappa shape index (κ2) is 7.97. The van der Waals surface area contributed by atoms with Crippen molar-refractivity contribution in [3.8, 4) is 5.75 Å². The molecule has 1 aromatic carbocycles. The number of halogens is 6. The van der Waals surface area contributed by atoms with Crippen LogP contribution in [0.25, 0.3) is 0 Å². The number of nitro groups is 1. The Morgan fingerprint density at radius 3 is 2.40 bits per heavy atom. The molecule has 0 aliphatic carbocycles. The molecule has 1 fully saturated rings. The summed E-state index contributed by atoms with van der Waals surface area (Å²) in [4.78, 5) is 13.9. The number of nitro benzene ring substituents is 1. The molecule has 1 aliphatic heterocycles. The van der Waals surface area contributed by atoms with Gasteiger partial charge < -0.3 is 14.4 Å². The molecule has 13 heteroatoms. The average molecular weight is 437 g/mol. The van der Waals surface area contributed by atoms with Gasteiger partial charge in [-0.1, -0.05) is 0 Å². The van der Waals surface area contributed by atoms with Crippen LogP contribution in [0.15, 0.2) is 42.7 Å². The Morgan fingerprint density at radius 2 is 1.83 bits per heavy atom. The van der Waals surface area contributed by atoms with Crippen LogP contribution in [0.3, 0.4) is 0 Å². The molecule has 1 saturated heterocycles. The Kier molecular flexibility index (Phi) is 5.74. The molecule has 2 aromatic rings. The lowest BCUT2D eigenvalue weighted by molar-refractivity contribution is -0.388. The second-order valence-electron chi connectivity index (χ2n) is 6.25. The summed E-state index contributed by atoms with van der Waals surface area (Å²) >= 11 is 0. The molecule has 2 atom stereocenters. The van der Waals surface area contributed by atoms with Crippen LogP contribution >= 0.6 is 0 Å². The summed E-state index contributed by atoms with van der Waals surface area (Å²) in [6.45, 7) is -0.740. The Labute approximate surface area is 165 Å². The van der Waals surface area contributed by atoms with Crippen molar-refractivity contribution in [1.82, 2.24) is 4.98 Å². The van der Waals surface area contributed by atoms with Gasteiger partial charge in [-0.2, -0.15) is 26.3 Å². The molecule has 7 nitrogen and oxygen atoms in total. The van der Waals surface area contributed by atoms with Crippen LogP contribution in [-0.4, -0.2) is 41.6 Å². The zero-order valence-corrected chi connectivity index (χ0v) is 14.9. The van der Waals surface area contributed by atoms with Gasteiger partial charge in [-0.15, -0.1) is 0 Å². The molecule has 0 saturated carbocycles. The lowest BCUT2D eigenvalue weighted by Crippen LogP contribution is -2.42. The molecule has 2 heterocycles. The molecule has 1 aromatic heterocycles. The summed E-state index contributed by atoms with van der Waals surface area (Å²) in [5.74, 6) is 0.324. The van der Waals surface area contributed by atoms with Gasteiger partial charge in [0.05, 0.1) is 11.5 Å². The van der Waals surface area contributed by atoms with Crippen LogP contribution in [0, 0.1) is 10.1 Å². The number of ether oxygens (including phenoxy) is 2. The van der Waals surface area contributed by atoms with Gasteiger partial charge in [-0.05, 0) is 24.3 Å². The lowest BCUT2D eigenvalue weighted by Gasteiger charge is -2.27. The molecule has 0 N–H and O–H groups in total. The van der Waals surface area contributed by atoms with E-state index in [1.165, 1.54) is 24.5 Å². The van der Waals surface area contributed by atoms with E-state index < -0.39 is 53.1 Å². The third-order valence-corrected chi connectivity index (χ3v) is 4.18. The topological polar surface area (TPSA) is 77.7 Å². The smallest absolute Gasteiger partial charge is 0.433 e. The maximum absolute atomic E-state index is 13.4. The highest BCUT2D eigenvalue weighted by Crippen LogP contribution is 2.41. The third-order valence-electron chi connectivity index (χ3n) is 4.18. The molecule has 1 aliphatic rings. The van der Waals surface area contributed by atoms with Crippen LogP contribution in [0.4, 0.5) is 37.7 Å². The number of hydrogen-bond donors (Lipinski definition) is 0. The van der Waals surface area contributed by atoms with Crippen LogP contribution in [0.2, 0.25) is 0 Å². The monoisotopic (exact) mass is 437 g/mol. The van der Waals surface area contributed by atoms with E-state index in [1.54, 1.807) is 0 Å². The number of rotatable bonds is 5. The minimum Gasteiger partial charge on any atom is -0.491 e. The van der Waals surface area contributed by atoms with Gasteiger partial charge >= 0.3 is 12.4 Å². The fourth-order valence-electron chi connectivity index (χ4n) is 2.91. The summed E-state index contributed by atoms with van der Waals surface area (Å²) in [7, 11) is 0. The quantitative estimate of drug-likeness (QED) is 0.397. The number of benzene rings is 1. The van der Waals surface area contributed by atoms with E-state index in [-0.39, 0.29) is 6.61 Å². The highest BCUT2D eigenvalue weighted by molar-refractivity contribution is 5.57. The number of hydrogen-bond acceptors (Lipinski definition) is 6.